The first-order chi connectivity index (χ1) is 13.7. The van der Waals surface area contributed by atoms with Crippen molar-refractivity contribution in [3.8, 4) is 6.07 Å². The number of nitriles is 1. The first-order valence-electron chi connectivity index (χ1n) is 10.1. The number of carbonyl (C=O) groups excluding carboxylic acids is 1. The van der Waals surface area contributed by atoms with Gasteiger partial charge in [0.25, 0.3) is 0 Å². The Bertz CT molecular complexity index is 966. The Morgan fingerprint density at radius 1 is 1.39 bits per heavy atom. The smallest absolute Gasteiger partial charge is 0.335 e. The van der Waals surface area contributed by atoms with Gasteiger partial charge in [0, 0.05) is 42.4 Å². The first-order valence-corrected chi connectivity index (χ1v) is 10.1. The van der Waals surface area contributed by atoms with Crippen LogP contribution in [0.4, 0.5) is 5.69 Å². The maximum absolute atomic E-state index is 12.9. The third-order valence-corrected chi connectivity index (χ3v) is 7.97. The van der Waals surface area contributed by atoms with Crippen molar-refractivity contribution in [2.24, 2.45) is 5.41 Å². The zero-order valence-corrected chi connectivity index (χ0v) is 15.9. The van der Waals surface area contributed by atoms with Crippen molar-refractivity contribution in [2.75, 3.05) is 25.6 Å². The van der Waals surface area contributed by atoms with E-state index in [1.54, 1.807) is 0 Å². The van der Waals surface area contributed by atoms with E-state index in [4.69, 9.17) is 9.47 Å². The third-order valence-electron chi connectivity index (χ3n) is 7.97. The van der Waals surface area contributed by atoms with Gasteiger partial charge in [-0.25, -0.2) is 4.79 Å². The molecular weight excluding hydrogens is 354 g/mol. The number of rotatable bonds is 1. The molecule has 6 rings (SSSR count). The van der Waals surface area contributed by atoms with E-state index in [1.807, 2.05) is 6.07 Å². The van der Waals surface area contributed by atoms with Gasteiger partial charge < -0.3 is 14.8 Å². The van der Waals surface area contributed by atoms with Crippen molar-refractivity contribution in [1.82, 2.24) is 4.90 Å². The molecule has 1 aromatic carbocycles. The average Bonchev–Trinajstić information content (AvgIpc) is 3.41. The fourth-order valence-electron chi connectivity index (χ4n) is 7.07. The molecule has 2 spiro atoms. The Balaban J connectivity index is 1.66. The predicted molar refractivity (Wildman–Crippen MR) is 101 cm³/mol. The highest BCUT2D eigenvalue weighted by Crippen LogP contribution is 2.67. The summed E-state index contributed by atoms with van der Waals surface area (Å²) in [6.45, 7) is 1.56. The standard InChI is InChI=1S/C22H23N3O3/c1-27-19(26)14-11-21-7-9-28-17(21)10-13(12-23)25-8-6-22(20(21)25)15-4-2-3-5-16(15)24-18(14)22/h2-5,13,17,20,24H,6-11H2,1H3/t13-,17-,20-,21+,22-/m0/s1. The Hall–Kier alpha value is -2.36. The fraction of sp³-hybridized carbons (Fsp3) is 0.545. The van der Waals surface area contributed by atoms with Gasteiger partial charge in [0.05, 0.1) is 30.3 Å². The summed E-state index contributed by atoms with van der Waals surface area (Å²) in [5, 5.41) is 13.5. The topological polar surface area (TPSA) is 74.6 Å². The van der Waals surface area contributed by atoms with E-state index in [1.165, 1.54) is 12.7 Å². The number of para-hydroxylation sites is 1. The average molecular weight is 377 g/mol. The van der Waals surface area contributed by atoms with Gasteiger partial charge >= 0.3 is 5.97 Å². The molecule has 0 unspecified atom stereocenters. The first kappa shape index (κ1) is 16.6. The number of anilines is 1. The molecule has 1 aliphatic carbocycles. The number of fused-ring (bicyclic) bond motifs is 1. The summed E-state index contributed by atoms with van der Waals surface area (Å²) in [7, 11) is 1.46. The van der Waals surface area contributed by atoms with Crippen molar-refractivity contribution < 1.29 is 14.3 Å². The quantitative estimate of drug-likeness (QED) is 0.757. The van der Waals surface area contributed by atoms with Gasteiger partial charge in [-0.1, -0.05) is 18.2 Å². The minimum absolute atomic E-state index is 0.0161. The van der Waals surface area contributed by atoms with Crippen LogP contribution >= 0.6 is 0 Å². The van der Waals surface area contributed by atoms with Crippen LogP contribution in [-0.2, 0) is 19.7 Å². The van der Waals surface area contributed by atoms with E-state index in [9.17, 15) is 10.1 Å². The molecule has 0 bridgehead atoms. The monoisotopic (exact) mass is 377 g/mol. The second-order valence-corrected chi connectivity index (χ2v) is 8.78. The zero-order valence-electron chi connectivity index (χ0n) is 15.9. The van der Waals surface area contributed by atoms with Crippen LogP contribution in [0.1, 0.15) is 31.2 Å². The SMILES string of the molecule is COC(=O)C1=C2Nc3ccccc3[C@@]23CCN2[C@H](C#N)C[C@@H]4OCC[C@]4(C1)[C@H]23. The van der Waals surface area contributed by atoms with Crippen molar-refractivity contribution in [3.63, 3.8) is 0 Å². The third kappa shape index (κ3) is 1.69. The number of hydrogen-bond acceptors (Lipinski definition) is 6. The lowest BCUT2D eigenvalue weighted by Crippen LogP contribution is -2.65. The molecule has 5 atom stereocenters. The van der Waals surface area contributed by atoms with Crippen LogP contribution in [0.25, 0.3) is 0 Å². The highest BCUT2D eigenvalue weighted by atomic mass is 16.5. The van der Waals surface area contributed by atoms with Gasteiger partial charge in [-0.05, 0) is 30.9 Å². The number of esters is 1. The van der Waals surface area contributed by atoms with E-state index < -0.39 is 0 Å². The number of hydrogen-bond donors (Lipinski definition) is 1. The molecular formula is C22H23N3O3. The zero-order chi connectivity index (χ0) is 19.1. The maximum Gasteiger partial charge on any atom is 0.335 e. The highest BCUT2D eigenvalue weighted by Gasteiger charge is 2.71. The number of piperidine rings is 1. The molecule has 6 nitrogen and oxygen atoms in total. The molecule has 4 aliphatic heterocycles. The van der Waals surface area contributed by atoms with Gasteiger partial charge in [-0.3, -0.25) is 4.90 Å². The molecule has 3 fully saturated rings. The summed E-state index contributed by atoms with van der Waals surface area (Å²) in [6, 6.07) is 11.0. The normalized spacial score (nSPS) is 40.1. The molecule has 144 valence electrons. The van der Waals surface area contributed by atoms with Crippen LogP contribution in [0.2, 0.25) is 0 Å². The molecule has 0 saturated carbocycles. The molecule has 28 heavy (non-hydrogen) atoms. The van der Waals surface area contributed by atoms with Gasteiger partial charge in [0.2, 0.25) is 0 Å². The largest absolute Gasteiger partial charge is 0.466 e. The van der Waals surface area contributed by atoms with E-state index in [2.05, 4.69) is 34.5 Å². The van der Waals surface area contributed by atoms with E-state index in [0.717, 1.165) is 42.8 Å². The molecule has 6 heteroatoms. The summed E-state index contributed by atoms with van der Waals surface area (Å²) >= 11 is 0. The molecule has 3 saturated heterocycles. The minimum Gasteiger partial charge on any atom is -0.466 e. The van der Waals surface area contributed by atoms with Crippen molar-refractivity contribution in [2.45, 2.75) is 49.3 Å². The van der Waals surface area contributed by atoms with E-state index in [0.29, 0.717) is 13.0 Å². The number of carbonyl (C=O) groups is 1. The van der Waals surface area contributed by atoms with Gasteiger partial charge in [-0.2, -0.15) is 5.26 Å². The molecule has 0 aromatic heterocycles. The van der Waals surface area contributed by atoms with Crippen LogP contribution in [0.15, 0.2) is 35.5 Å². The lowest BCUT2D eigenvalue weighted by Gasteiger charge is -2.57. The highest BCUT2D eigenvalue weighted by molar-refractivity contribution is 5.93. The number of ether oxygens (including phenoxy) is 2. The molecule has 1 aromatic rings. The van der Waals surface area contributed by atoms with Gasteiger partial charge in [-0.15, -0.1) is 0 Å². The molecule has 1 N–H and O–H groups in total. The number of nitrogens with one attached hydrogen (secondary N) is 1. The fourth-order valence-corrected chi connectivity index (χ4v) is 7.07. The molecule has 0 amide bonds. The molecule has 0 radical (unpaired) electrons. The number of methoxy groups -OCH3 is 1. The van der Waals surface area contributed by atoms with E-state index >= 15 is 0 Å². The summed E-state index contributed by atoms with van der Waals surface area (Å²) in [4.78, 5) is 15.3. The molecule has 4 heterocycles. The Morgan fingerprint density at radius 3 is 3.07 bits per heavy atom. The van der Waals surface area contributed by atoms with Crippen LogP contribution in [0.3, 0.4) is 0 Å². The van der Waals surface area contributed by atoms with E-state index in [-0.39, 0.29) is 35.0 Å². The molecule has 5 aliphatic rings. The van der Waals surface area contributed by atoms with Crippen LogP contribution in [-0.4, -0.2) is 49.3 Å². The Morgan fingerprint density at radius 2 is 2.25 bits per heavy atom. The van der Waals surface area contributed by atoms with Gasteiger partial charge in [0.15, 0.2) is 0 Å². The Labute approximate surface area is 164 Å². The number of benzene rings is 1. The summed E-state index contributed by atoms with van der Waals surface area (Å²) in [5.74, 6) is -0.242. The Kier molecular flexibility index (Phi) is 3.18. The van der Waals surface area contributed by atoms with Crippen LogP contribution in [0.5, 0.6) is 0 Å². The maximum atomic E-state index is 12.9. The predicted octanol–water partition coefficient (Wildman–Crippen LogP) is 2.33. The van der Waals surface area contributed by atoms with Crippen molar-refractivity contribution in [1.29, 1.82) is 5.26 Å². The lowest BCUT2D eigenvalue weighted by atomic mass is 9.53. The van der Waals surface area contributed by atoms with Crippen molar-refractivity contribution >= 4 is 11.7 Å². The minimum atomic E-state index is -0.292. The summed E-state index contributed by atoms with van der Waals surface area (Å²) in [6.07, 6.45) is 3.23. The van der Waals surface area contributed by atoms with Crippen LogP contribution < -0.4 is 5.32 Å². The number of nitrogens with zero attached hydrogens (tertiary/aromatic N) is 2. The van der Waals surface area contributed by atoms with Crippen molar-refractivity contribution in [3.05, 3.63) is 41.1 Å². The second-order valence-electron chi connectivity index (χ2n) is 8.78. The summed E-state index contributed by atoms with van der Waals surface area (Å²) < 4.78 is 11.4. The second kappa shape index (κ2) is 5.37. The van der Waals surface area contributed by atoms with Crippen LogP contribution in [0, 0.1) is 16.7 Å². The van der Waals surface area contributed by atoms with Gasteiger partial charge in [0.1, 0.15) is 6.04 Å². The summed E-state index contributed by atoms with van der Waals surface area (Å²) in [5.41, 5.74) is 3.66. The lowest BCUT2D eigenvalue weighted by molar-refractivity contribution is -0.138.